The molecule has 0 saturated carbocycles. The number of allylic oxidation sites excluding steroid dienone is 5. The number of fused-ring (bicyclic) bond motifs is 2. The number of carbonyl (C=O) groups is 1. The largest absolute Gasteiger partial charge is 0.778 e. The second kappa shape index (κ2) is 18.8. The van der Waals surface area contributed by atoms with Crippen molar-refractivity contribution in [2.45, 2.75) is 61.7 Å². The maximum atomic E-state index is 13.9. The Kier molecular flexibility index (Phi) is 14.1. The Morgan fingerprint density at radius 3 is 2.24 bits per heavy atom. The van der Waals surface area contributed by atoms with Gasteiger partial charge in [-0.25, -0.2) is 30.0 Å². The summed E-state index contributed by atoms with van der Waals surface area (Å²) in [6, 6.07) is 14.6. The highest BCUT2D eigenvalue weighted by molar-refractivity contribution is 8.04. The fraction of sp³-hybridized carbons (Fsp3) is 0.279. The van der Waals surface area contributed by atoms with E-state index in [1.807, 2.05) is 63.6 Å². The van der Waals surface area contributed by atoms with E-state index in [-0.39, 0.29) is 31.8 Å². The molecule has 0 unspecified atom stereocenters. The highest BCUT2D eigenvalue weighted by Gasteiger charge is 2.47. The van der Waals surface area contributed by atoms with E-state index in [0.29, 0.717) is 58.5 Å². The van der Waals surface area contributed by atoms with E-state index in [1.54, 1.807) is 33.0 Å². The molecule has 1 aliphatic carbocycles. The van der Waals surface area contributed by atoms with Gasteiger partial charge in [0.25, 0.3) is 26.0 Å². The number of benzene rings is 3. The second-order valence-electron chi connectivity index (χ2n) is 17.6. The van der Waals surface area contributed by atoms with Crippen molar-refractivity contribution in [1.29, 1.82) is 0 Å². The number of nitrogen functional groups attached to an aromatic ring is 1. The second-order valence-corrected chi connectivity index (χ2v) is 25.9. The van der Waals surface area contributed by atoms with Gasteiger partial charge in [-0.05, 0) is 97.5 Å². The SMILES string of the molecule is Cc1ccc2c(c1)C(C)(C)C(=CC1=C([S-])C(=CC3=[N+](CC(=O)NS(C)(=O)=O)c4ccc(CCNc5nc(N)nc(Cl)n5)cc4C3(C)C)C(=S)C1=S)N2CS(=O)(=O)NS(=O)(=O)c1cccc(S(=O)(=O)O)c1. The van der Waals surface area contributed by atoms with Crippen molar-refractivity contribution >= 4 is 133 Å². The van der Waals surface area contributed by atoms with E-state index < -0.39 is 79.1 Å². The number of nitrogens with zero attached hydrogens (tertiary/aromatic N) is 5. The zero-order chi connectivity index (χ0) is 51.7. The number of thiocarbonyl (C=S) groups is 2. The first-order valence-corrected chi connectivity index (χ1v) is 28.7. The van der Waals surface area contributed by atoms with Gasteiger partial charge in [0, 0.05) is 41.1 Å². The highest BCUT2D eigenvalue weighted by Crippen LogP contribution is 2.49. The standard InChI is InChI=1S/C43H44ClN9O10S7/c1-23-10-12-32-29(16-23)42(2,3)34(53(32)22-68(57,58)51-69(59,60)25-8-7-9-26(18-25)70(61,62)63)20-28-36(64)27(37(65)38(28)66)19-33-43(4,5)30-17-24(14-15-46-41-48-39(44)47-40(45)49-41)11-13-31(30)52(33)21-35(54)50-67(6,55)56/h7-13,16-20,51H,14-15,21-22H2,1-6H3,(H5-,45,46,47,48,49,50,54,61,62,63,64,65,66). The Morgan fingerprint density at radius 1 is 0.900 bits per heavy atom. The monoisotopic (exact) mass is 1110 g/mol. The first-order chi connectivity index (χ1) is 32.3. The molecule has 0 fully saturated rings. The van der Waals surface area contributed by atoms with Gasteiger partial charge in [-0.2, -0.15) is 32.9 Å². The van der Waals surface area contributed by atoms with E-state index in [4.69, 9.17) is 54.4 Å². The number of anilines is 3. The van der Waals surface area contributed by atoms with Gasteiger partial charge in [0.2, 0.25) is 49.5 Å². The predicted molar refractivity (Wildman–Crippen MR) is 276 cm³/mol. The third-order valence-corrected chi connectivity index (χ3v) is 18.0. The van der Waals surface area contributed by atoms with E-state index in [2.05, 4.69) is 20.3 Å². The lowest BCUT2D eigenvalue weighted by Crippen LogP contribution is -2.40. The van der Waals surface area contributed by atoms with Crippen LogP contribution in [0.1, 0.15) is 49.9 Å². The van der Waals surface area contributed by atoms with Crippen molar-refractivity contribution < 1.29 is 47.6 Å². The van der Waals surface area contributed by atoms with Crippen LogP contribution in [-0.4, -0.2) is 104 Å². The number of hydrogen-bond acceptors (Lipinski definition) is 18. The third-order valence-electron chi connectivity index (χ3n) is 11.6. The molecule has 7 rings (SSSR count). The normalized spacial score (nSPS) is 18.0. The van der Waals surface area contributed by atoms with Gasteiger partial charge in [-0.3, -0.25) is 9.35 Å². The molecular formula is C43H44ClN9O10S7. The molecule has 1 aromatic heterocycles. The molecule has 1 amide bonds. The van der Waals surface area contributed by atoms with Crippen LogP contribution in [0.15, 0.2) is 104 Å². The fourth-order valence-corrected chi connectivity index (χ4v) is 13.7. The Balaban J connectivity index is 1.28. The van der Waals surface area contributed by atoms with Crippen LogP contribution >= 0.6 is 36.0 Å². The molecule has 0 atom stereocenters. The topological polar surface area (TPSA) is 281 Å². The lowest BCUT2D eigenvalue weighted by atomic mass is 9.80. The molecular weight excluding hydrogens is 1060 g/mol. The number of aromatic nitrogens is 3. The molecule has 3 heterocycles. The Hall–Kier alpha value is -5.16. The summed E-state index contributed by atoms with van der Waals surface area (Å²) in [4.78, 5) is 25.6. The summed E-state index contributed by atoms with van der Waals surface area (Å²) >= 11 is 24.0. The summed E-state index contributed by atoms with van der Waals surface area (Å²) in [5.41, 5.74) is 9.71. The van der Waals surface area contributed by atoms with Crippen LogP contribution in [0.25, 0.3) is 0 Å². The minimum Gasteiger partial charge on any atom is -0.778 e. The van der Waals surface area contributed by atoms with Gasteiger partial charge in [0.1, 0.15) is 5.88 Å². The zero-order valence-corrected chi connectivity index (χ0v) is 44.4. The number of sulfonamides is 3. The molecule has 0 radical (unpaired) electrons. The molecule has 3 aliphatic rings. The Bertz CT molecular complexity index is 3560. The number of rotatable bonds is 15. The molecule has 19 nitrogen and oxygen atoms in total. The quantitative estimate of drug-likeness (QED) is 0.0367. The molecule has 6 N–H and O–H groups in total. The lowest BCUT2D eigenvalue weighted by molar-refractivity contribution is -0.425. The van der Waals surface area contributed by atoms with Crippen molar-refractivity contribution in [2.75, 3.05) is 41.2 Å². The first kappa shape index (κ1) is 52.7. The number of amides is 1. The summed E-state index contributed by atoms with van der Waals surface area (Å²) < 4.78 is 118. The van der Waals surface area contributed by atoms with Gasteiger partial charge >= 0.3 is 0 Å². The average molecular weight is 1110 g/mol. The smallest absolute Gasteiger partial charge is 0.299 e. The zero-order valence-electron chi connectivity index (χ0n) is 37.9. The number of hydrogen-bond donors (Lipinski definition) is 5. The number of nitrogens with one attached hydrogen (secondary N) is 3. The van der Waals surface area contributed by atoms with Crippen LogP contribution in [0.3, 0.4) is 0 Å². The number of aryl methyl sites for hydroxylation is 1. The molecule has 3 aromatic carbocycles. The number of carbonyl (C=O) groups excluding carboxylic acids is 1. The molecule has 0 spiro atoms. The van der Waals surface area contributed by atoms with Gasteiger partial charge < -0.3 is 28.6 Å². The Labute approximate surface area is 426 Å². The van der Waals surface area contributed by atoms with Crippen LogP contribution in [0.4, 0.5) is 23.3 Å². The number of nitrogens with two attached hydrogens (primary N) is 1. The van der Waals surface area contributed by atoms with Gasteiger partial charge in [0.15, 0.2) is 5.71 Å². The van der Waals surface area contributed by atoms with Crippen molar-refractivity contribution in [3.8, 4) is 0 Å². The van der Waals surface area contributed by atoms with E-state index in [9.17, 15) is 43.0 Å². The molecule has 0 saturated heterocycles. The Morgan fingerprint density at radius 2 is 1.59 bits per heavy atom. The van der Waals surface area contributed by atoms with Crippen LogP contribution < -0.4 is 24.8 Å². The average Bonchev–Trinajstić information content (AvgIpc) is 3.65. The minimum absolute atomic E-state index is 0.0467. The molecule has 370 valence electrons. The summed E-state index contributed by atoms with van der Waals surface area (Å²) in [7, 11) is -18.5. The summed E-state index contributed by atoms with van der Waals surface area (Å²) in [5.74, 6) is -1.60. The molecule has 27 heteroatoms. The lowest BCUT2D eigenvalue weighted by Gasteiger charge is -2.28. The maximum absolute atomic E-state index is 13.9. The third kappa shape index (κ3) is 10.8. The van der Waals surface area contributed by atoms with Crippen LogP contribution in [0, 0.1) is 6.92 Å². The maximum Gasteiger partial charge on any atom is 0.299 e. The summed E-state index contributed by atoms with van der Waals surface area (Å²) in [6.07, 6.45) is 4.71. The van der Waals surface area contributed by atoms with Crippen LogP contribution in [0.5, 0.6) is 0 Å². The van der Waals surface area contributed by atoms with Crippen molar-refractivity contribution in [2.24, 2.45) is 0 Å². The van der Waals surface area contributed by atoms with Gasteiger partial charge in [-0.15, -0.1) is 4.13 Å². The van der Waals surface area contributed by atoms with Crippen LogP contribution in [0.2, 0.25) is 5.28 Å². The minimum atomic E-state index is -4.92. The van der Waals surface area contributed by atoms with Crippen molar-refractivity contribution in [3.05, 3.63) is 122 Å². The predicted octanol–water partition coefficient (Wildman–Crippen LogP) is 4.20. The van der Waals surface area contributed by atoms with Gasteiger partial charge in [-0.1, -0.05) is 68.1 Å². The van der Waals surface area contributed by atoms with Crippen LogP contribution in [-0.2, 0) is 74.9 Å². The highest BCUT2D eigenvalue weighted by atomic mass is 35.5. The van der Waals surface area contributed by atoms with E-state index in [1.165, 1.54) is 4.90 Å². The molecule has 2 aliphatic heterocycles. The molecule has 4 aromatic rings. The molecule has 0 bridgehead atoms. The molecule has 70 heavy (non-hydrogen) atoms. The number of halogens is 1. The van der Waals surface area contributed by atoms with E-state index >= 15 is 0 Å². The van der Waals surface area contributed by atoms with Crippen molar-refractivity contribution in [1.82, 2.24) is 23.8 Å². The fourth-order valence-electron chi connectivity index (χ4n) is 8.39. The van der Waals surface area contributed by atoms with Crippen molar-refractivity contribution in [3.63, 3.8) is 0 Å². The summed E-state index contributed by atoms with van der Waals surface area (Å²) in [5, 5.41) is 3.01. The summed E-state index contributed by atoms with van der Waals surface area (Å²) in [6.45, 7) is 9.37. The van der Waals surface area contributed by atoms with E-state index in [0.717, 1.165) is 41.1 Å². The van der Waals surface area contributed by atoms with Gasteiger partial charge in [0.05, 0.1) is 31.2 Å². The first-order valence-electron chi connectivity index (χ1n) is 20.7.